The summed E-state index contributed by atoms with van der Waals surface area (Å²) in [7, 11) is 1.65. The van der Waals surface area contributed by atoms with Crippen molar-refractivity contribution >= 4 is 5.91 Å². The van der Waals surface area contributed by atoms with E-state index in [1.54, 1.807) is 25.4 Å². The lowest BCUT2D eigenvalue weighted by Crippen LogP contribution is -2.53. The molecule has 0 radical (unpaired) electrons. The molecule has 2 aromatic heterocycles. The maximum atomic E-state index is 12.3. The Morgan fingerprint density at radius 1 is 1.50 bits per heavy atom. The Kier molecular flexibility index (Phi) is 4.35. The molecule has 1 saturated heterocycles. The number of piperidine rings is 1. The van der Waals surface area contributed by atoms with Crippen molar-refractivity contribution in [2.24, 2.45) is 0 Å². The average Bonchev–Trinajstić information content (AvgIpc) is 3.10. The van der Waals surface area contributed by atoms with Crippen molar-refractivity contribution in [3.05, 3.63) is 30.4 Å². The van der Waals surface area contributed by atoms with Crippen molar-refractivity contribution in [3.8, 4) is 5.69 Å². The second-order valence-electron chi connectivity index (χ2n) is 5.00. The monoisotopic (exact) mass is 303 g/mol. The van der Waals surface area contributed by atoms with Crippen molar-refractivity contribution in [2.45, 2.75) is 18.6 Å². The van der Waals surface area contributed by atoms with E-state index in [1.165, 1.54) is 11.0 Å². The van der Waals surface area contributed by atoms with Gasteiger partial charge in [0.25, 0.3) is 5.91 Å². The molecule has 116 valence electrons. The first-order chi connectivity index (χ1) is 10.8. The summed E-state index contributed by atoms with van der Waals surface area (Å²) in [5.74, 6) is -0.211. The zero-order valence-electron chi connectivity index (χ0n) is 12.1. The van der Waals surface area contributed by atoms with E-state index in [0.717, 1.165) is 19.5 Å². The highest BCUT2D eigenvalue weighted by molar-refractivity contribution is 5.92. The first-order valence-electron chi connectivity index (χ1n) is 7.01. The minimum atomic E-state index is -0.211. The number of pyridine rings is 1. The maximum absolute atomic E-state index is 12.3. The summed E-state index contributed by atoms with van der Waals surface area (Å²) in [5.41, 5.74) is 1.04. The van der Waals surface area contributed by atoms with Crippen LogP contribution in [0.1, 0.15) is 16.9 Å². The Balaban J connectivity index is 1.67. The number of aromatic nitrogens is 5. The van der Waals surface area contributed by atoms with Crippen LogP contribution < -0.4 is 10.6 Å². The molecule has 0 unspecified atom stereocenters. The van der Waals surface area contributed by atoms with Crippen LogP contribution in [0.3, 0.4) is 0 Å². The van der Waals surface area contributed by atoms with E-state index in [1.807, 2.05) is 0 Å². The Hall–Kier alpha value is -2.39. The molecule has 2 N–H and O–H groups in total. The van der Waals surface area contributed by atoms with Crippen LogP contribution >= 0.6 is 0 Å². The first kappa shape index (κ1) is 14.5. The number of hydrogen-bond donors (Lipinski definition) is 2. The number of tetrazole rings is 1. The van der Waals surface area contributed by atoms with Gasteiger partial charge in [-0.1, -0.05) is 0 Å². The molecule has 1 fully saturated rings. The van der Waals surface area contributed by atoms with Gasteiger partial charge < -0.3 is 15.4 Å². The molecule has 3 heterocycles. The molecule has 0 spiro atoms. The topological polar surface area (TPSA) is 107 Å². The zero-order valence-corrected chi connectivity index (χ0v) is 12.1. The van der Waals surface area contributed by atoms with Gasteiger partial charge >= 0.3 is 0 Å². The van der Waals surface area contributed by atoms with Gasteiger partial charge in [0.2, 0.25) is 0 Å². The third-order valence-electron chi connectivity index (χ3n) is 3.64. The fourth-order valence-corrected chi connectivity index (χ4v) is 2.42. The van der Waals surface area contributed by atoms with Crippen LogP contribution in [0.25, 0.3) is 5.69 Å². The fourth-order valence-electron chi connectivity index (χ4n) is 2.42. The van der Waals surface area contributed by atoms with Crippen LogP contribution in [-0.2, 0) is 4.74 Å². The third kappa shape index (κ3) is 3.10. The highest BCUT2D eigenvalue weighted by Crippen LogP contribution is 2.09. The van der Waals surface area contributed by atoms with Crippen LogP contribution in [0, 0.1) is 0 Å². The van der Waals surface area contributed by atoms with Crippen LogP contribution in [0.15, 0.2) is 24.7 Å². The summed E-state index contributed by atoms with van der Waals surface area (Å²) in [6, 6.07) is 3.38. The van der Waals surface area contributed by atoms with E-state index in [0.29, 0.717) is 11.4 Å². The highest BCUT2D eigenvalue weighted by atomic mass is 16.5. The van der Waals surface area contributed by atoms with Gasteiger partial charge in [0.1, 0.15) is 12.0 Å². The molecule has 1 amide bonds. The van der Waals surface area contributed by atoms with Gasteiger partial charge in [-0.25, -0.2) is 4.98 Å². The van der Waals surface area contributed by atoms with Crippen LogP contribution in [0.4, 0.5) is 0 Å². The minimum Gasteiger partial charge on any atom is -0.378 e. The zero-order chi connectivity index (χ0) is 15.4. The second-order valence-corrected chi connectivity index (χ2v) is 5.00. The standard InChI is InChI=1S/C13H17N7O2/c1-22-12-7-14-5-4-10(12)17-13(21)11-3-2-9(6-15-11)20-8-16-18-19-20/h2-3,6,8,10,12,14H,4-5,7H2,1H3,(H,17,21)/t10-,12+/m0/s1. The largest absolute Gasteiger partial charge is 0.378 e. The highest BCUT2D eigenvalue weighted by Gasteiger charge is 2.26. The molecule has 22 heavy (non-hydrogen) atoms. The number of amides is 1. The molecule has 0 aliphatic carbocycles. The van der Waals surface area contributed by atoms with Crippen molar-refractivity contribution < 1.29 is 9.53 Å². The smallest absolute Gasteiger partial charge is 0.270 e. The number of carbonyl (C=O) groups is 1. The SMILES string of the molecule is CO[C@@H]1CNCC[C@@H]1NC(=O)c1ccc(-n2cnnn2)cn1. The van der Waals surface area contributed by atoms with Crippen molar-refractivity contribution in [1.29, 1.82) is 0 Å². The Bertz CT molecular complexity index is 614. The summed E-state index contributed by atoms with van der Waals surface area (Å²) in [6.07, 6.45) is 3.82. The lowest BCUT2D eigenvalue weighted by molar-refractivity contribution is 0.0475. The Morgan fingerprint density at radius 3 is 3.09 bits per heavy atom. The third-order valence-corrected chi connectivity index (χ3v) is 3.64. The summed E-state index contributed by atoms with van der Waals surface area (Å²) in [4.78, 5) is 16.4. The normalized spacial score (nSPS) is 21.5. The minimum absolute atomic E-state index is 0.0141. The molecular weight excluding hydrogens is 286 g/mol. The predicted octanol–water partition coefficient (Wildman–Crippen LogP) is -0.836. The molecule has 2 atom stereocenters. The molecule has 9 heteroatoms. The van der Waals surface area contributed by atoms with Gasteiger partial charge in [-0.3, -0.25) is 4.79 Å². The summed E-state index contributed by atoms with van der Waals surface area (Å²) in [5, 5.41) is 17.1. The number of rotatable bonds is 4. The molecule has 0 saturated carbocycles. The molecule has 0 aromatic carbocycles. The predicted molar refractivity (Wildman–Crippen MR) is 76.5 cm³/mol. The van der Waals surface area contributed by atoms with E-state index < -0.39 is 0 Å². The van der Waals surface area contributed by atoms with Crippen LogP contribution in [0.5, 0.6) is 0 Å². The van der Waals surface area contributed by atoms with Crippen molar-refractivity contribution in [1.82, 2.24) is 35.8 Å². The molecule has 1 aliphatic heterocycles. The van der Waals surface area contributed by atoms with E-state index in [4.69, 9.17) is 4.74 Å². The van der Waals surface area contributed by atoms with Crippen molar-refractivity contribution in [3.63, 3.8) is 0 Å². The van der Waals surface area contributed by atoms with Gasteiger partial charge in [0.05, 0.1) is 24.0 Å². The number of methoxy groups -OCH3 is 1. The fraction of sp³-hybridized carbons (Fsp3) is 0.462. The molecule has 2 aromatic rings. The summed E-state index contributed by atoms with van der Waals surface area (Å²) < 4.78 is 6.86. The molecule has 9 nitrogen and oxygen atoms in total. The Morgan fingerprint density at radius 2 is 2.41 bits per heavy atom. The Labute approximate surface area is 127 Å². The molecule has 1 aliphatic rings. The number of nitrogens with one attached hydrogen (secondary N) is 2. The summed E-state index contributed by atoms with van der Waals surface area (Å²) >= 11 is 0. The quantitative estimate of drug-likeness (QED) is 0.758. The van der Waals surface area contributed by atoms with Gasteiger partial charge in [-0.2, -0.15) is 4.68 Å². The van der Waals surface area contributed by atoms with Gasteiger partial charge in [-0.05, 0) is 35.5 Å². The first-order valence-corrected chi connectivity index (χ1v) is 7.01. The lowest BCUT2D eigenvalue weighted by Gasteiger charge is -2.31. The van der Waals surface area contributed by atoms with E-state index in [-0.39, 0.29) is 18.1 Å². The number of carbonyl (C=O) groups excluding carboxylic acids is 1. The van der Waals surface area contributed by atoms with E-state index in [9.17, 15) is 4.79 Å². The maximum Gasteiger partial charge on any atom is 0.270 e. The average molecular weight is 303 g/mol. The van der Waals surface area contributed by atoms with Gasteiger partial charge in [0.15, 0.2) is 0 Å². The second kappa shape index (κ2) is 6.58. The van der Waals surface area contributed by atoms with Gasteiger partial charge in [0, 0.05) is 13.7 Å². The molecule has 3 rings (SSSR count). The number of ether oxygens (including phenoxy) is 1. The van der Waals surface area contributed by atoms with Crippen LogP contribution in [0.2, 0.25) is 0 Å². The molecular formula is C13H17N7O2. The van der Waals surface area contributed by atoms with E-state index in [2.05, 4.69) is 31.1 Å². The lowest BCUT2D eigenvalue weighted by atomic mass is 10.0. The van der Waals surface area contributed by atoms with E-state index >= 15 is 0 Å². The number of hydrogen-bond acceptors (Lipinski definition) is 7. The molecule has 0 bridgehead atoms. The van der Waals surface area contributed by atoms with Crippen LogP contribution in [-0.4, -0.2) is 63.4 Å². The van der Waals surface area contributed by atoms with Crippen molar-refractivity contribution in [2.75, 3.05) is 20.2 Å². The number of nitrogens with zero attached hydrogens (tertiary/aromatic N) is 5. The van der Waals surface area contributed by atoms with Gasteiger partial charge in [-0.15, -0.1) is 5.10 Å². The summed E-state index contributed by atoms with van der Waals surface area (Å²) in [6.45, 7) is 1.59.